The standard InChI is InChI=1S/C13H13BrN2O2/c1-8-11(15)6-16-13(12(8)14)18-10-4-2-3-9(5-10)7-17/h2-6,17H,7,15H2,1H3. The van der Waals surface area contributed by atoms with E-state index in [0.29, 0.717) is 17.3 Å². The minimum absolute atomic E-state index is 0.0213. The molecule has 3 N–H and O–H groups in total. The summed E-state index contributed by atoms with van der Waals surface area (Å²) in [6.45, 7) is 1.87. The van der Waals surface area contributed by atoms with Crippen LogP contribution >= 0.6 is 15.9 Å². The van der Waals surface area contributed by atoms with E-state index in [1.54, 1.807) is 18.3 Å². The first-order valence-electron chi connectivity index (χ1n) is 5.40. The Bertz CT molecular complexity index is 573. The Kier molecular flexibility index (Phi) is 3.84. The van der Waals surface area contributed by atoms with Gasteiger partial charge in [-0.25, -0.2) is 4.98 Å². The van der Waals surface area contributed by atoms with Gasteiger partial charge in [0.2, 0.25) is 5.88 Å². The molecule has 0 aliphatic rings. The van der Waals surface area contributed by atoms with Gasteiger partial charge in [0, 0.05) is 0 Å². The third-order valence-electron chi connectivity index (χ3n) is 2.57. The van der Waals surface area contributed by atoms with Crippen LogP contribution in [0.1, 0.15) is 11.1 Å². The second-order valence-electron chi connectivity index (χ2n) is 3.87. The third-order valence-corrected chi connectivity index (χ3v) is 3.50. The number of rotatable bonds is 3. The fourth-order valence-corrected chi connectivity index (χ4v) is 1.87. The third kappa shape index (κ3) is 2.63. The second-order valence-corrected chi connectivity index (χ2v) is 4.66. The maximum absolute atomic E-state index is 9.07. The van der Waals surface area contributed by atoms with Crippen molar-refractivity contribution in [1.82, 2.24) is 4.98 Å². The summed E-state index contributed by atoms with van der Waals surface area (Å²) in [6.07, 6.45) is 1.56. The van der Waals surface area contributed by atoms with Crippen LogP contribution in [0.3, 0.4) is 0 Å². The van der Waals surface area contributed by atoms with Crippen LogP contribution < -0.4 is 10.5 Å². The molecule has 0 aliphatic heterocycles. The quantitative estimate of drug-likeness (QED) is 0.914. The smallest absolute Gasteiger partial charge is 0.233 e. The van der Waals surface area contributed by atoms with Crippen LogP contribution in [0.5, 0.6) is 11.6 Å². The molecule has 0 amide bonds. The van der Waals surface area contributed by atoms with Crippen molar-refractivity contribution in [3.8, 4) is 11.6 Å². The average molecular weight is 309 g/mol. The predicted molar refractivity (Wildman–Crippen MR) is 73.5 cm³/mol. The molecule has 5 heteroatoms. The van der Waals surface area contributed by atoms with Crippen LogP contribution in [0.15, 0.2) is 34.9 Å². The van der Waals surface area contributed by atoms with Crippen LogP contribution in [0.25, 0.3) is 0 Å². The zero-order chi connectivity index (χ0) is 13.1. The number of anilines is 1. The zero-order valence-corrected chi connectivity index (χ0v) is 11.4. The van der Waals surface area contributed by atoms with Gasteiger partial charge < -0.3 is 15.6 Å². The van der Waals surface area contributed by atoms with Crippen molar-refractivity contribution in [1.29, 1.82) is 0 Å². The van der Waals surface area contributed by atoms with Crippen molar-refractivity contribution in [3.63, 3.8) is 0 Å². The van der Waals surface area contributed by atoms with Gasteiger partial charge in [0.05, 0.1) is 23.0 Å². The van der Waals surface area contributed by atoms with E-state index in [-0.39, 0.29) is 6.61 Å². The number of aromatic nitrogens is 1. The molecule has 0 radical (unpaired) electrons. The van der Waals surface area contributed by atoms with Gasteiger partial charge in [-0.05, 0) is 46.1 Å². The van der Waals surface area contributed by atoms with Gasteiger partial charge in [0.1, 0.15) is 5.75 Å². The van der Waals surface area contributed by atoms with Crippen LogP contribution in [0.2, 0.25) is 0 Å². The monoisotopic (exact) mass is 308 g/mol. The molecule has 0 unspecified atom stereocenters. The minimum Gasteiger partial charge on any atom is -0.438 e. The Morgan fingerprint density at radius 1 is 1.44 bits per heavy atom. The number of aliphatic hydroxyl groups excluding tert-OH is 1. The van der Waals surface area contributed by atoms with E-state index in [0.717, 1.165) is 15.6 Å². The molecular weight excluding hydrogens is 296 g/mol. The number of hydrogen-bond donors (Lipinski definition) is 2. The first kappa shape index (κ1) is 12.9. The van der Waals surface area contributed by atoms with Gasteiger partial charge in [-0.15, -0.1) is 0 Å². The summed E-state index contributed by atoms with van der Waals surface area (Å²) in [5, 5.41) is 9.07. The average Bonchev–Trinajstić information content (AvgIpc) is 2.40. The molecule has 0 saturated heterocycles. The Labute approximate surface area is 114 Å². The lowest BCUT2D eigenvalue weighted by molar-refractivity contribution is 0.281. The Hall–Kier alpha value is -1.59. The minimum atomic E-state index is -0.0213. The van der Waals surface area contributed by atoms with Gasteiger partial charge in [-0.1, -0.05) is 12.1 Å². The highest BCUT2D eigenvalue weighted by Crippen LogP contribution is 2.32. The summed E-state index contributed by atoms with van der Waals surface area (Å²) < 4.78 is 6.40. The Morgan fingerprint density at radius 3 is 2.94 bits per heavy atom. The molecule has 0 fully saturated rings. The van der Waals surface area contributed by atoms with Gasteiger partial charge in [0.15, 0.2) is 0 Å². The first-order chi connectivity index (χ1) is 8.61. The fourth-order valence-electron chi connectivity index (χ4n) is 1.46. The summed E-state index contributed by atoms with van der Waals surface area (Å²) >= 11 is 3.41. The summed E-state index contributed by atoms with van der Waals surface area (Å²) in [4.78, 5) is 4.13. The van der Waals surface area contributed by atoms with Crippen molar-refractivity contribution in [2.45, 2.75) is 13.5 Å². The molecule has 1 aromatic heterocycles. The highest BCUT2D eigenvalue weighted by Gasteiger charge is 2.09. The summed E-state index contributed by atoms with van der Waals surface area (Å²) in [5.74, 6) is 1.08. The number of nitrogens with zero attached hydrogens (tertiary/aromatic N) is 1. The lowest BCUT2D eigenvalue weighted by atomic mass is 10.2. The van der Waals surface area contributed by atoms with Crippen LogP contribution in [-0.2, 0) is 6.61 Å². The highest BCUT2D eigenvalue weighted by molar-refractivity contribution is 9.10. The normalized spacial score (nSPS) is 10.4. The highest BCUT2D eigenvalue weighted by atomic mass is 79.9. The molecule has 0 spiro atoms. The molecule has 4 nitrogen and oxygen atoms in total. The van der Waals surface area contributed by atoms with Gasteiger partial charge in [-0.2, -0.15) is 0 Å². The number of aliphatic hydroxyl groups is 1. The first-order valence-corrected chi connectivity index (χ1v) is 6.19. The van der Waals surface area contributed by atoms with Gasteiger partial charge >= 0.3 is 0 Å². The maximum atomic E-state index is 9.07. The van der Waals surface area contributed by atoms with Crippen molar-refractivity contribution in [3.05, 3.63) is 46.1 Å². The van der Waals surface area contributed by atoms with Crippen LogP contribution in [0, 0.1) is 6.92 Å². The number of hydrogen-bond acceptors (Lipinski definition) is 4. The lowest BCUT2D eigenvalue weighted by Gasteiger charge is -2.10. The van der Waals surface area contributed by atoms with Crippen molar-refractivity contribution >= 4 is 21.6 Å². The number of halogens is 1. The molecule has 18 heavy (non-hydrogen) atoms. The molecular formula is C13H13BrN2O2. The molecule has 0 atom stereocenters. The van der Waals surface area contributed by atoms with E-state index in [1.165, 1.54) is 0 Å². The number of nitrogen functional groups attached to an aromatic ring is 1. The topological polar surface area (TPSA) is 68.4 Å². The van der Waals surface area contributed by atoms with E-state index in [9.17, 15) is 0 Å². The predicted octanol–water partition coefficient (Wildman–Crippen LogP) is 3.02. The molecule has 0 aliphatic carbocycles. The molecule has 2 aromatic rings. The van der Waals surface area contributed by atoms with Gasteiger partial charge in [-0.3, -0.25) is 0 Å². The fraction of sp³-hybridized carbons (Fsp3) is 0.154. The van der Waals surface area contributed by atoms with Crippen molar-refractivity contribution in [2.75, 3.05) is 5.73 Å². The molecule has 1 aromatic carbocycles. The van der Waals surface area contributed by atoms with Crippen molar-refractivity contribution < 1.29 is 9.84 Å². The second kappa shape index (κ2) is 5.37. The number of pyridine rings is 1. The summed E-state index contributed by atoms with van der Waals surface area (Å²) in [5.41, 5.74) is 8.03. The molecule has 0 bridgehead atoms. The lowest BCUT2D eigenvalue weighted by Crippen LogP contribution is -1.96. The zero-order valence-electron chi connectivity index (χ0n) is 9.85. The molecule has 2 rings (SSSR count). The Balaban J connectivity index is 2.31. The van der Waals surface area contributed by atoms with E-state index in [4.69, 9.17) is 15.6 Å². The number of ether oxygens (including phenoxy) is 1. The SMILES string of the molecule is Cc1c(N)cnc(Oc2cccc(CO)c2)c1Br. The van der Waals surface area contributed by atoms with E-state index < -0.39 is 0 Å². The van der Waals surface area contributed by atoms with Gasteiger partial charge in [0.25, 0.3) is 0 Å². The van der Waals surface area contributed by atoms with Crippen LogP contribution in [-0.4, -0.2) is 10.1 Å². The molecule has 0 saturated carbocycles. The van der Waals surface area contributed by atoms with E-state index >= 15 is 0 Å². The number of benzene rings is 1. The van der Waals surface area contributed by atoms with Crippen LogP contribution in [0.4, 0.5) is 5.69 Å². The van der Waals surface area contributed by atoms with E-state index in [2.05, 4.69) is 20.9 Å². The van der Waals surface area contributed by atoms with Crippen molar-refractivity contribution in [2.24, 2.45) is 0 Å². The molecule has 1 heterocycles. The Morgan fingerprint density at radius 2 is 2.22 bits per heavy atom. The maximum Gasteiger partial charge on any atom is 0.233 e. The molecule has 94 valence electrons. The summed E-state index contributed by atoms with van der Waals surface area (Å²) in [6, 6.07) is 7.21. The summed E-state index contributed by atoms with van der Waals surface area (Å²) in [7, 11) is 0. The van der Waals surface area contributed by atoms with E-state index in [1.807, 2.05) is 19.1 Å². The number of nitrogens with two attached hydrogens (primary N) is 1. The largest absolute Gasteiger partial charge is 0.438 e.